The van der Waals surface area contributed by atoms with Gasteiger partial charge in [0.25, 0.3) is 0 Å². The highest BCUT2D eigenvalue weighted by molar-refractivity contribution is 5.39. The average molecular weight is 261 g/mol. The molecule has 0 bridgehead atoms. The summed E-state index contributed by atoms with van der Waals surface area (Å²) in [5.41, 5.74) is 8.87. The van der Waals surface area contributed by atoms with Gasteiger partial charge >= 0.3 is 0 Å². The van der Waals surface area contributed by atoms with Gasteiger partial charge in [-0.05, 0) is 25.3 Å². The van der Waals surface area contributed by atoms with Gasteiger partial charge in [0.2, 0.25) is 0 Å². The number of methoxy groups -OCH3 is 1. The van der Waals surface area contributed by atoms with Crippen molar-refractivity contribution in [1.82, 2.24) is 0 Å². The molecule has 0 aliphatic heterocycles. The zero-order valence-corrected chi connectivity index (χ0v) is 12.3. The molecule has 0 saturated heterocycles. The Morgan fingerprint density at radius 1 is 1.21 bits per heavy atom. The molecule has 2 heteroatoms. The maximum absolute atomic E-state index is 6.44. The monoisotopic (exact) mass is 261 g/mol. The highest BCUT2D eigenvalue weighted by Gasteiger charge is 2.19. The number of ether oxygens (including phenoxy) is 1. The first-order chi connectivity index (χ1) is 9.20. The maximum Gasteiger partial charge on any atom is 0.123 e. The first-order valence-corrected chi connectivity index (χ1v) is 7.61. The summed E-state index contributed by atoms with van der Waals surface area (Å²) >= 11 is 0. The highest BCUT2D eigenvalue weighted by Crippen LogP contribution is 2.33. The van der Waals surface area contributed by atoms with Crippen LogP contribution < -0.4 is 10.5 Å². The van der Waals surface area contributed by atoms with Crippen molar-refractivity contribution < 1.29 is 4.74 Å². The summed E-state index contributed by atoms with van der Waals surface area (Å²) < 4.78 is 5.46. The molecule has 0 spiro atoms. The molecule has 0 heterocycles. The summed E-state index contributed by atoms with van der Waals surface area (Å²) in [6.45, 7) is 2.11. The number of benzene rings is 1. The summed E-state index contributed by atoms with van der Waals surface area (Å²) in [5.74, 6) is 1.73. The van der Waals surface area contributed by atoms with Gasteiger partial charge in [-0.25, -0.2) is 0 Å². The van der Waals surface area contributed by atoms with Crippen LogP contribution >= 0.6 is 0 Å². The molecule has 1 unspecified atom stereocenters. The van der Waals surface area contributed by atoms with Gasteiger partial charge in [0.15, 0.2) is 0 Å². The van der Waals surface area contributed by atoms with Gasteiger partial charge in [-0.2, -0.15) is 0 Å². The van der Waals surface area contributed by atoms with E-state index in [4.69, 9.17) is 10.5 Å². The molecule has 1 aliphatic carbocycles. The lowest BCUT2D eigenvalue weighted by atomic mass is 9.89. The molecule has 1 aliphatic rings. The van der Waals surface area contributed by atoms with E-state index in [-0.39, 0.29) is 6.04 Å². The Balaban J connectivity index is 2.05. The maximum atomic E-state index is 6.44. The van der Waals surface area contributed by atoms with Crippen LogP contribution in [-0.4, -0.2) is 7.11 Å². The van der Waals surface area contributed by atoms with Gasteiger partial charge in [-0.15, -0.1) is 0 Å². The van der Waals surface area contributed by atoms with Crippen molar-refractivity contribution >= 4 is 0 Å². The Kier molecular flexibility index (Phi) is 5.26. The molecule has 2 rings (SSSR count). The van der Waals surface area contributed by atoms with Crippen molar-refractivity contribution in [2.24, 2.45) is 11.7 Å². The predicted molar refractivity (Wildman–Crippen MR) is 80.5 cm³/mol. The van der Waals surface area contributed by atoms with E-state index in [9.17, 15) is 0 Å². The minimum absolute atomic E-state index is 0.109. The molecular formula is C17H27NO. The zero-order valence-electron chi connectivity index (χ0n) is 12.3. The van der Waals surface area contributed by atoms with Crippen molar-refractivity contribution in [1.29, 1.82) is 0 Å². The van der Waals surface area contributed by atoms with Crippen molar-refractivity contribution in [3.8, 4) is 5.75 Å². The van der Waals surface area contributed by atoms with E-state index in [1.807, 2.05) is 6.07 Å². The summed E-state index contributed by atoms with van der Waals surface area (Å²) in [5, 5.41) is 0. The second-order valence-corrected chi connectivity index (χ2v) is 5.95. The van der Waals surface area contributed by atoms with Crippen LogP contribution in [0.1, 0.15) is 62.1 Å². The molecule has 106 valence electrons. The molecule has 2 N–H and O–H groups in total. The fourth-order valence-corrected chi connectivity index (χ4v) is 3.23. The van der Waals surface area contributed by atoms with Crippen LogP contribution in [0.2, 0.25) is 0 Å². The fourth-order valence-electron chi connectivity index (χ4n) is 3.23. The van der Waals surface area contributed by atoms with Gasteiger partial charge in [0.1, 0.15) is 5.75 Å². The molecule has 2 nitrogen and oxygen atoms in total. The summed E-state index contributed by atoms with van der Waals surface area (Å²) in [4.78, 5) is 0. The van der Waals surface area contributed by atoms with Gasteiger partial charge in [-0.3, -0.25) is 0 Å². The van der Waals surface area contributed by atoms with E-state index in [0.717, 1.165) is 18.1 Å². The SMILES string of the molecule is COc1ccc(C)cc1C(N)CC1CCCCCC1. The molecule has 0 radical (unpaired) electrons. The van der Waals surface area contributed by atoms with E-state index in [0.29, 0.717) is 0 Å². The predicted octanol–water partition coefficient (Wildman–Crippen LogP) is 4.36. The van der Waals surface area contributed by atoms with Gasteiger partial charge in [0.05, 0.1) is 7.11 Å². The highest BCUT2D eigenvalue weighted by atomic mass is 16.5. The van der Waals surface area contributed by atoms with Gasteiger partial charge in [0, 0.05) is 11.6 Å². The summed E-state index contributed by atoms with van der Waals surface area (Å²) in [6, 6.07) is 6.41. The normalized spacial score (nSPS) is 18.9. The van der Waals surface area contributed by atoms with E-state index >= 15 is 0 Å². The summed E-state index contributed by atoms with van der Waals surface area (Å²) in [7, 11) is 1.73. The standard InChI is InChI=1S/C17H27NO/c1-13-9-10-17(19-2)15(11-13)16(18)12-14-7-5-3-4-6-8-14/h9-11,14,16H,3-8,12,18H2,1-2H3. The second kappa shape index (κ2) is 6.95. The minimum atomic E-state index is 0.109. The molecule has 1 aromatic rings. The van der Waals surface area contributed by atoms with Crippen molar-refractivity contribution in [2.45, 2.75) is 57.9 Å². The molecule has 0 amide bonds. The van der Waals surface area contributed by atoms with Crippen LogP contribution in [0.15, 0.2) is 18.2 Å². The third-order valence-corrected chi connectivity index (χ3v) is 4.35. The number of rotatable bonds is 4. The van der Waals surface area contributed by atoms with E-state index in [1.165, 1.54) is 49.7 Å². The Hall–Kier alpha value is -1.02. The summed E-state index contributed by atoms with van der Waals surface area (Å²) in [6.07, 6.45) is 9.35. The molecule has 19 heavy (non-hydrogen) atoms. The van der Waals surface area contributed by atoms with Crippen LogP contribution in [0.4, 0.5) is 0 Å². The minimum Gasteiger partial charge on any atom is -0.496 e. The Morgan fingerprint density at radius 3 is 2.53 bits per heavy atom. The Bertz CT molecular complexity index is 394. The lowest BCUT2D eigenvalue weighted by Crippen LogP contribution is -2.16. The molecule has 1 saturated carbocycles. The number of nitrogens with two attached hydrogens (primary N) is 1. The van der Waals surface area contributed by atoms with Crippen LogP contribution in [-0.2, 0) is 0 Å². The molecule has 1 atom stereocenters. The molecule has 1 fully saturated rings. The smallest absolute Gasteiger partial charge is 0.123 e. The largest absolute Gasteiger partial charge is 0.496 e. The van der Waals surface area contributed by atoms with Crippen molar-refractivity contribution in [3.05, 3.63) is 29.3 Å². The van der Waals surface area contributed by atoms with Crippen molar-refractivity contribution in [2.75, 3.05) is 7.11 Å². The van der Waals surface area contributed by atoms with Crippen LogP contribution in [0, 0.1) is 12.8 Å². The van der Waals surface area contributed by atoms with Crippen LogP contribution in [0.25, 0.3) is 0 Å². The topological polar surface area (TPSA) is 35.2 Å². The number of hydrogen-bond acceptors (Lipinski definition) is 2. The third kappa shape index (κ3) is 3.97. The number of hydrogen-bond donors (Lipinski definition) is 1. The lowest BCUT2D eigenvalue weighted by Gasteiger charge is -2.21. The van der Waals surface area contributed by atoms with Crippen LogP contribution in [0.5, 0.6) is 5.75 Å². The molecule has 0 aromatic heterocycles. The quantitative estimate of drug-likeness (QED) is 0.817. The van der Waals surface area contributed by atoms with E-state index in [2.05, 4.69) is 19.1 Å². The Labute approximate surface area is 117 Å². The lowest BCUT2D eigenvalue weighted by molar-refractivity contribution is 0.373. The van der Waals surface area contributed by atoms with Gasteiger partial charge < -0.3 is 10.5 Å². The average Bonchev–Trinajstić information content (AvgIpc) is 2.67. The molecule has 1 aromatic carbocycles. The van der Waals surface area contributed by atoms with Gasteiger partial charge in [-0.1, -0.05) is 56.2 Å². The van der Waals surface area contributed by atoms with Crippen molar-refractivity contribution in [3.63, 3.8) is 0 Å². The van der Waals surface area contributed by atoms with Crippen LogP contribution in [0.3, 0.4) is 0 Å². The fraction of sp³-hybridized carbons (Fsp3) is 0.647. The Morgan fingerprint density at radius 2 is 1.89 bits per heavy atom. The third-order valence-electron chi connectivity index (χ3n) is 4.35. The first-order valence-electron chi connectivity index (χ1n) is 7.61. The molecular weight excluding hydrogens is 234 g/mol. The second-order valence-electron chi connectivity index (χ2n) is 5.95. The van der Waals surface area contributed by atoms with E-state index in [1.54, 1.807) is 7.11 Å². The number of aryl methyl sites for hydroxylation is 1. The first kappa shape index (κ1) is 14.4. The zero-order chi connectivity index (χ0) is 13.7. The van der Waals surface area contributed by atoms with E-state index < -0.39 is 0 Å².